The van der Waals surface area contributed by atoms with Gasteiger partial charge in [-0.3, -0.25) is 24.2 Å². The number of Topliss-reactive ketones (excluding diaryl/α,β-unsaturated/α-hetero) is 2. The molecule has 11 heteroatoms. The second kappa shape index (κ2) is 11.0. The van der Waals surface area contributed by atoms with Gasteiger partial charge in [-0.15, -0.1) is 0 Å². The van der Waals surface area contributed by atoms with Gasteiger partial charge in [0.25, 0.3) is 5.91 Å². The van der Waals surface area contributed by atoms with Crippen molar-refractivity contribution in [3.63, 3.8) is 0 Å². The number of rotatable bonds is 9. The molecule has 1 saturated carbocycles. The van der Waals surface area contributed by atoms with Gasteiger partial charge in [0.15, 0.2) is 11.4 Å². The van der Waals surface area contributed by atoms with Crippen LogP contribution in [0.4, 0.5) is 4.39 Å². The van der Waals surface area contributed by atoms with Crippen molar-refractivity contribution in [3.05, 3.63) is 51.2 Å². The number of nitrogens with two attached hydrogens (primary N) is 1. The first-order chi connectivity index (χ1) is 20.2. The number of carbonyl (C=O) groups is 3. The van der Waals surface area contributed by atoms with Gasteiger partial charge in [-0.05, 0) is 76.6 Å². The van der Waals surface area contributed by atoms with E-state index in [9.17, 15) is 34.8 Å². The average Bonchev–Trinajstić information content (AvgIpc) is 2.90. The number of aromatic hydroxyl groups is 1. The van der Waals surface area contributed by atoms with Crippen LogP contribution in [0.15, 0.2) is 28.7 Å². The summed E-state index contributed by atoms with van der Waals surface area (Å²) in [7, 11) is 3.12. The average molecular weight is 600 g/mol. The maximum atomic E-state index is 16.3. The number of aliphatic hydroxyl groups excluding tert-OH is 2. The highest BCUT2D eigenvalue weighted by Crippen LogP contribution is 2.52. The van der Waals surface area contributed by atoms with E-state index in [1.807, 2.05) is 0 Å². The third kappa shape index (κ3) is 4.67. The van der Waals surface area contributed by atoms with E-state index in [0.29, 0.717) is 0 Å². The lowest BCUT2D eigenvalue weighted by atomic mass is 9.58. The monoisotopic (exact) mass is 599 g/mol. The number of fused-ring (bicyclic) bond motifs is 3. The van der Waals surface area contributed by atoms with Crippen molar-refractivity contribution in [1.29, 1.82) is 0 Å². The molecule has 1 aromatic carbocycles. The van der Waals surface area contributed by atoms with Crippen molar-refractivity contribution in [2.45, 2.75) is 77.0 Å². The molecule has 0 radical (unpaired) electrons. The van der Waals surface area contributed by atoms with Crippen LogP contribution in [0.5, 0.6) is 5.75 Å². The Bertz CT molecular complexity index is 1440. The Labute approximate surface area is 250 Å². The summed E-state index contributed by atoms with van der Waals surface area (Å²) >= 11 is 0. The number of primary amides is 1. The first-order valence-corrected chi connectivity index (χ1v) is 15.1. The Balaban J connectivity index is 1.57. The zero-order chi connectivity index (χ0) is 31.6. The number of hydrogen-bond donors (Lipinski definition) is 5. The minimum Gasteiger partial charge on any atom is -0.510 e. The van der Waals surface area contributed by atoms with Gasteiger partial charge in [0, 0.05) is 35.7 Å². The first-order valence-electron chi connectivity index (χ1n) is 15.1. The van der Waals surface area contributed by atoms with Crippen molar-refractivity contribution in [2.24, 2.45) is 23.0 Å². The fourth-order valence-electron chi connectivity index (χ4n) is 8.01. The zero-order valence-electron chi connectivity index (χ0n) is 25.2. The number of phenols is 1. The van der Waals surface area contributed by atoms with Crippen LogP contribution in [0.2, 0.25) is 0 Å². The van der Waals surface area contributed by atoms with Crippen molar-refractivity contribution < 1.29 is 39.2 Å². The van der Waals surface area contributed by atoms with Crippen LogP contribution in [-0.4, -0.2) is 86.5 Å². The molecule has 0 aromatic heterocycles. The number of ketones is 2. The number of aliphatic hydroxyl groups is 3. The molecular formula is C32H42FN3O7. The molecule has 4 aliphatic carbocycles. The van der Waals surface area contributed by atoms with E-state index in [1.54, 1.807) is 14.1 Å². The molecule has 0 aliphatic heterocycles. The van der Waals surface area contributed by atoms with Gasteiger partial charge in [-0.25, -0.2) is 4.39 Å². The molecule has 5 rings (SSSR count). The molecular weight excluding hydrogens is 557 g/mol. The summed E-state index contributed by atoms with van der Waals surface area (Å²) in [5, 5.41) is 45.1. The van der Waals surface area contributed by atoms with Crippen LogP contribution < -0.4 is 5.73 Å². The number of amides is 1. The van der Waals surface area contributed by atoms with Crippen LogP contribution in [0.3, 0.4) is 0 Å². The van der Waals surface area contributed by atoms with E-state index in [-0.39, 0.29) is 47.1 Å². The maximum Gasteiger partial charge on any atom is 0.255 e. The number of carbonyl (C=O) groups excluding carboxylic acids is 3. The van der Waals surface area contributed by atoms with E-state index in [4.69, 9.17) is 5.73 Å². The van der Waals surface area contributed by atoms with Crippen molar-refractivity contribution in [3.8, 4) is 5.75 Å². The summed E-state index contributed by atoms with van der Waals surface area (Å²) in [5.74, 6) is -8.10. The highest BCUT2D eigenvalue weighted by molar-refractivity contribution is 6.24. The number of allylic oxidation sites excluding steroid dienone is 1. The first kappa shape index (κ1) is 31.2. The molecule has 1 aromatic rings. The van der Waals surface area contributed by atoms with Crippen molar-refractivity contribution in [2.75, 3.05) is 27.2 Å². The number of nitrogens with zero attached hydrogens (tertiary/aromatic N) is 2. The summed E-state index contributed by atoms with van der Waals surface area (Å²) in [4.78, 5) is 43.0. The topological polar surface area (TPSA) is 165 Å². The Kier molecular flexibility index (Phi) is 7.98. The minimum atomic E-state index is -2.73. The molecule has 0 heterocycles. The van der Waals surface area contributed by atoms with Gasteiger partial charge < -0.3 is 26.2 Å². The number of likely N-dealkylation sites (N-methyl/N-ethyl adjacent to an activating group) is 1. The molecule has 4 aliphatic rings. The van der Waals surface area contributed by atoms with Crippen LogP contribution in [-0.2, 0) is 22.6 Å². The molecule has 1 amide bonds. The smallest absolute Gasteiger partial charge is 0.255 e. The predicted molar refractivity (Wildman–Crippen MR) is 156 cm³/mol. The van der Waals surface area contributed by atoms with E-state index in [1.165, 1.54) is 17.4 Å². The number of phenolic OH excluding ortho intramolecular Hbond substituents is 1. The maximum absolute atomic E-state index is 16.3. The Hall–Kier alpha value is -3.28. The Morgan fingerprint density at radius 1 is 1.16 bits per heavy atom. The highest BCUT2D eigenvalue weighted by Gasteiger charge is 2.63. The largest absolute Gasteiger partial charge is 0.510 e. The summed E-state index contributed by atoms with van der Waals surface area (Å²) in [6, 6.07) is 0.154. The Morgan fingerprint density at radius 2 is 1.84 bits per heavy atom. The summed E-state index contributed by atoms with van der Waals surface area (Å²) in [6.07, 6.45) is 5.20. The summed E-state index contributed by atoms with van der Waals surface area (Å²) in [5.41, 5.74) is 1.67. The normalized spacial score (nSPS) is 28.1. The van der Waals surface area contributed by atoms with Gasteiger partial charge in [0.05, 0.1) is 11.6 Å². The molecule has 1 fully saturated rings. The van der Waals surface area contributed by atoms with Crippen molar-refractivity contribution >= 4 is 17.5 Å². The number of benzene rings is 1. The molecule has 0 saturated heterocycles. The van der Waals surface area contributed by atoms with Gasteiger partial charge in [-0.2, -0.15) is 0 Å². The molecule has 0 bridgehead atoms. The zero-order valence-corrected chi connectivity index (χ0v) is 25.2. The number of hydrogen-bond acceptors (Lipinski definition) is 9. The fourth-order valence-corrected chi connectivity index (χ4v) is 8.01. The second-order valence-corrected chi connectivity index (χ2v) is 13.1. The fraction of sp³-hybridized carbons (Fsp3) is 0.594. The number of halogens is 1. The van der Waals surface area contributed by atoms with Gasteiger partial charge >= 0.3 is 0 Å². The standard InChI is InChI=1S/C32H42FN3O7/c1-5-10-36(15-31(6-2)8-7-9-31)14-17-13-20(37)22-18(24(17)33)11-16-12-19-25(35(3)4)27(39)23(30(34)42)29(41)32(19,43)28(40)21(16)26(22)38/h13,16,19,25,37,39-40,43H,5-12,14-15H2,1-4H3,(H2,34,42)/t16-,19-,25-,32-/m0/s1. The molecule has 234 valence electrons. The van der Waals surface area contributed by atoms with Crippen molar-refractivity contribution in [1.82, 2.24) is 9.80 Å². The second-order valence-electron chi connectivity index (χ2n) is 13.1. The lowest BCUT2D eigenvalue weighted by molar-refractivity contribution is -0.148. The lowest BCUT2D eigenvalue weighted by Crippen LogP contribution is -2.63. The van der Waals surface area contributed by atoms with Gasteiger partial charge in [-0.1, -0.05) is 20.3 Å². The van der Waals surface area contributed by atoms with E-state index in [0.717, 1.165) is 38.8 Å². The van der Waals surface area contributed by atoms with Gasteiger partial charge in [0.2, 0.25) is 5.78 Å². The quantitative estimate of drug-likeness (QED) is 0.268. The van der Waals surface area contributed by atoms with E-state index in [2.05, 4.69) is 18.7 Å². The van der Waals surface area contributed by atoms with Gasteiger partial charge in [0.1, 0.15) is 28.7 Å². The molecule has 4 atom stereocenters. The molecule has 43 heavy (non-hydrogen) atoms. The summed E-state index contributed by atoms with van der Waals surface area (Å²) in [6.45, 7) is 6.08. The molecule has 10 nitrogen and oxygen atoms in total. The van der Waals surface area contributed by atoms with Crippen LogP contribution in [0, 0.1) is 23.1 Å². The summed E-state index contributed by atoms with van der Waals surface area (Å²) < 4.78 is 16.3. The predicted octanol–water partition coefficient (Wildman–Crippen LogP) is 3.05. The minimum absolute atomic E-state index is 0.0263. The van der Waals surface area contributed by atoms with Crippen LogP contribution >= 0.6 is 0 Å². The Morgan fingerprint density at radius 3 is 2.37 bits per heavy atom. The molecule has 0 unspecified atom stereocenters. The highest BCUT2D eigenvalue weighted by atomic mass is 19.1. The lowest BCUT2D eigenvalue weighted by Gasteiger charge is -2.50. The third-order valence-electron chi connectivity index (χ3n) is 10.4. The van der Waals surface area contributed by atoms with Crippen LogP contribution in [0.1, 0.15) is 73.9 Å². The van der Waals surface area contributed by atoms with E-state index < -0.39 is 69.6 Å². The molecule has 0 spiro atoms. The van der Waals surface area contributed by atoms with E-state index >= 15 is 4.39 Å². The molecule has 6 N–H and O–H groups in total. The third-order valence-corrected chi connectivity index (χ3v) is 10.4. The SMILES string of the molecule is CCCN(Cc1cc(O)c2c(c1F)C[C@H]1C[C@H]3[C@H](N(C)C)C(O)=C(C(N)=O)C(=O)[C@@]3(O)C(O)=C1C2=O)CC1(CC)CCC1. The van der Waals surface area contributed by atoms with Crippen LogP contribution in [0.25, 0.3) is 0 Å².